The summed E-state index contributed by atoms with van der Waals surface area (Å²) in [6.45, 7) is 4.02. The molecule has 0 aliphatic carbocycles. The second-order valence-electron chi connectivity index (χ2n) is 6.56. The van der Waals surface area contributed by atoms with Crippen molar-refractivity contribution >= 4 is 36.4 Å². The fourth-order valence-corrected chi connectivity index (χ4v) is 3.78. The zero-order chi connectivity index (χ0) is 18.8. The Labute approximate surface area is 163 Å². The summed E-state index contributed by atoms with van der Waals surface area (Å²) in [4.78, 5) is 28.6. The van der Waals surface area contributed by atoms with Crippen LogP contribution in [-0.4, -0.2) is 35.3 Å². The summed E-state index contributed by atoms with van der Waals surface area (Å²) >= 11 is 1.52. The minimum atomic E-state index is -0.133. The number of rotatable bonds is 4. The molecule has 27 heavy (non-hydrogen) atoms. The number of nitrogens with one attached hydrogen (secondary N) is 1. The van der Waals surface area contributed by atoms with Crippen LogP contribution in [0.3, 0.4) is 0 Å². The number of pyridine rings is 2. The van der Waals surface area contributed by atoms with Crippen molar-refractivity contribution in [3.63, 3.8) is 0 Å². The van der Waals surface area contributed by atoms with Crippen molar-refractivity contribution in [3.8, 4) is 0 Å². The molecule has 0 aromatic carbocycles. The van der Waals surface area contributed by atoms with E-state index in [2.05, 4.69) is 25.2 Å². The molecule has 8 heteroatoms. The molecular weight excluding hydrogens is 357 g/mol. The molecule has 4 rings (SSSR count). The predicted molar refractivity (Wildman–Crippen MR) is 107 cm³/mol. The third kappa shape index (κ3) is 3.85. The SMILES string of the molecule is [B]c1cnc2c(c1)CN(c1ncc(C(=O)NCc3cncs3)cc1C)CC2. The molecule has 0 saturated heterocycles. The van der Waals surface area contributed by atoms with E-state index < -0.39 is 0 Å². The van der Waals surface area contributed by atoms with Crippen molar-refractivity contribution in [3.05, 3.63) is 63.5 Å². The summed E-state index contributed by atoms with van der Waals surface area (Å²) < 4.78 is 0. The van der Waals surface area contributed by atoms with Crippen LogP contribution >= 0.6 is 11.3 Å². The maximum Gasteiger partial charge on any atom is 0.253 e. The fourth-order valence-electron chi connectivity index (χ4n) is 3.25. The van der Waals surface area contributed by atoms with Gasteiger partial charge in [0.15, 0.2) is 0 Å². The minimum Gasteiger partial charge on any atom is -0.352 e. The minimum absolute atomic E-state index is 0.133. The largest absolute Gasteiger partial charge is 0.352 e. The standard InChI is InChI=1S/C19H18BN5OS/c1-12-4-13(19(26)24-9-16-8-21-11-27-16)6-23-18(12)25-3-2-17-14(10-25)5-15(20)7-22-17/h4-8,11H,2-3,9-10H2,1H3,(H,24,26). The zero-order valence-electron chi connectivity index (χ0n) is 15.0. The van der Waals surface area contributed by atoms with Gasteiger partial charge >= 0.3 is 0 Å². The molecule has 3 aromatic rings. The molecule has 6 nitrogen and oxygen atoms in total. The second-order valence-corrected chi connectivity index (χ2v) is 7.53. The van der Waals surface area contributed by atoms with E-state index in [4.69, 9.17) is 7.85 Å². The Morgan fingerprint density at radius 1 is 1.30 bits per heavy atom. The average molecular weight is 375 g/mol. The third-order valence-corrected chi connectivity index (χ3v) is 5.36. The molecule has 0 atom stereocenters. The van der Waals surface area contributed by atoms with Gasteiger partial charge in [0.1, 0.15) is 13.7 Å². The van der Waals surface area contributed by atoms with Crippen molar-refractivity contribution in [2.75, 3.05) is 11.4 Å². The summed E-state index contributed by atoms with van der Waals surface area (Å²) in [5.74, 6) is 0.758. The molecule has 3 aromatic heterocycles. The van der Waals surface area contributed by atoms with E-state index in [1.54, 1.807) is 24.1 Å². The number of fused-ring (bicyclic) bond motifs is 1. The predicted octanol–water partition coefficient (Wildman–Crippen LogP) is 1.53. The van der Waals surface area contributed by atoms with E-state index in [-0.39, 0.29) is 5.91 Å². The topological polar surface area (TPSA) is 71.0 Å². The molecule has 4 heterocycles. The number of aryl methyl sites for hydroxylation is 1. The third-order valence-electron chi connectivity index (χ3n) is 4.58. The highest BCUT2D eigenvalue weighted by atomic mass is 32.1. The summed E-state index contributed by atoms with van der Waals surface area (Å²) in [5, 5.41) is 2.90. The number of carbonyl (C=O) groups excluding carboxylic acids is 1. The monoisotopic (exact) mass is 375 g/mol. The van der Waals surface area contributed by atoms with Crippen molar-refractivity contribution < 1.29 is 4.79 Å². The van der Waals surface area contributed by atoms with Crippen LogP contribution in [0.15, 0.2) is 36.2 Å². The van der Waals surface area contributed by atoms with E-state index in [0.29, 0.717) is 17.6 Å². The van der Waals surface area contributed by atoms with Crippen molar-refractivity contribution in [2.45, 2.75) is 26.4 Å². The van der Waals surface area contributed by atoms with Crippen LogP contribution in [0, 0.1) is 6.92 Å². The van der Waals surface area contributed by atoms with Crippen LogP contribution < -0.4 is 15.7 Å². The van der Waals surface area contributed by atoms with Gasteiger partial charge in [-0.1, -0.05) is 11.5 Å². The van der Waals surface area contributed by atoms with Gasteiger partial charge in [-0.15, -0.1) is 11.3 Å². The maximum atomic E-state index is 12.4. The highest BCUT2D eigenvalue weighted by Crippen LogP contribution is 2.24. The van der Waals surface area contributed by atoms with Crippen LogP contribution in [-0.2, 0) is 19.5 Å². The van der Waals surface area contributed by atoms with E-state index >= 15 is 0 Å². The molecule has 2 radical (unpaired) electrons. The van der Waals surface area contributed by atoms with Crippen molar-refractivity contribution in [2.24, 2.45) is 0 Å². The number of aromatic nitrogens is 3. The fraction of sp³-hybridized carbons (Fsp3) is 0.263. The number of carbonyl (C=O) groups is 1. The molecular formula is C19H18BN5OS. The summed E-state index contributed by atoms with van der Waals surface area (Å²) in [6.07, 6.45) is 5.95. The number of nitrogens with zero attached hydrogens (tertiary/aromatic N) is 4. The first-order valence-corrected chi connectivity index (χ1v) is 9.58. The normalized spacial score (nSPS) is 13.3. The summed E-state index contributed by atoms with van der Waals surface area (Å²) in [5.41, 5.74) is 6.19. The Morgan fingerprint density at radius 3 is 2.96 bits per heavy atom. The molecule has 1 aliphatic rings. The summed E-state index contributed by atoms with van der Waals surface area (Å²) in [6, 6.07) is 3.86. The Kier molecular flexibility index (Phi) is 4.89. The average Bonchev–Trinajstić information content (AvgIpc) is 3.19. The van der Waals surface area contributed by atoms with Gasteiger partial charge in [-0.05, 0) is 24.1 Å². The lowest BCUT2D eigenvalue weighted by Gasteiger charge is -2.30. The van der Waals surface area contributed by atoms with Gasteiger partial charge in [0.2, 0.25) is 0 Å². The molecule has 134 valence electrons. The van der Waals surface area contributed by atoms with Crippen LogP contribution in [0.4, 0.5) is 5.82 Å². The molecule has 0 unspecified atom stereocenters. The molecule has 1 amide bonds. The van der Waals surface area contributed by atoms with E-state index in [1.807, 2.05) is 19.1 Å². The quantitative estimate of drug-likeness (QED) is 0.701. The first-order valence-electron chi connectivity index (χ1n) is 8.70. The van der Waals surface area contributed by atoms with Crippen molar-refractivity contribution in [1.29, 1.82) is 0 Å². The number of hydrogen-bond donors (Lipinski definition) is 1. The van der Waals surface area contributed by atoms with E-state index in [0.717, 1.165) is 47.0 Å². The van der Waals surface area contributed by atoms with Crippen LogP contribution in [0.5, 0.6) is 0 Å². The molecule has 0 spiro atoms. The lowest BCUT2D eigenvalue weighted by Crippen LogP contribution is -2.33. The van der Waals surface area contributed by atoms with Gasteiger partial charge in [0, 0.05) is 48.7 Å². The Morgan fingerprint density at radius 2 is 2.19 bits per heavy atom. The lowest BCUT2D eigenvalue weighted by molar-refractivity contribution is 0.0951. The zero-order valence-corrected chi connectivity index (χ0v) is 15.8. The number of amides is 1. The Bertz CT molecular complexity index is 976. The number of anilines is 1. The lowest BCUT2D eigenvalue weighted by atomic mass is 9.94. The maximum absolute atomic E-state index is 12.4. The van der Waals surface area contributed by atoms with Crippen LogP contribution in [0.25, 0.3) is 0 Å². The smallest absolute Gasteiger partial charge is 0.253 e. The van der Waals surface area contributed by atoms with E-state index in [9.17, 15) is 4.79 Å². The van der Waals surface area contributed by atoms with Gasteiger partial charge in [0.05, 0.1) is 17.6 Å². The second kappa shape index (κ2) is 7.48. The van der Waals surface area contributed by atoms with Crippen LogP contribution in [0.2, 0.25) is 0 Å². The first-order chi connectivity index (χ1) is 13.1. The molecule has 1 N–H and O–H groups in total. The van der Waals surface area contributed by atoms with E-state index in [1.165, 1.54) is 11.3 Å². The first kappa shape index (κ1) is 17.7. The van der Waals surface area contributed by atoms with Gasteiger partial charge in [-0.2, -0.15) is 0 Å². The highest BCUT2D eigenvalue weighted by molar-refractivity contribution is 7.09. The summed E-state index contributed by atoms with van der Waals surface area (Å²) in [7, 11) is 5.87. The van der Waals surface area contributed by atoms with Gasteiger partial charge in [-0.3, -0.25) is 14.8 Å². The molecule has 0 fully saturated rings. The van der Waals surface area contributed by atoms with Crippen LogP contribution in [0.1, 0.15) is 32.1 Å². The number of thiazole rings is 1. The molecule has 1 aliphatic heterocycles. The van der Waals surface area contributed by atoms with Crippen molar-refractivity contribution in [1.82, 2.24) is 20.3 Å². The van der Waals surface area contributed by atoms with Gasteiger partial charge in [-0.25, -0.2) is 4.98 Å². The highest BCUT2D eigenvalue weighted by Gasteiger charge is 2.20. The van der Waals surface area contributed by atoms with Gasteiger partial charge < -0.3 is 10.2 Å². The Hall–Kier alpha value is -2.74. The Balaban J connectivity index is 1.48. The van der Waals surface area contributed by atoms with Gasteiger partial charge in [0.25, 0.3) is 5.91 Å². The molecule has 0 bridgehead atoms. The molecule has 0 saturated carbocycles. The number of hydrogen-bond acceptors (Lipinski definition) is 6.